The molecule has 1 aliphatic rings. The maximum absolute atomic E-state index is 12.0. The van der Waals surface area contributed by atoms with Crippen molar-refractivity contribution in [3.63, 3.8) is 0 Å². The number of carbonyl (C=O) groups is 1. The summed E-state index contributed by atoms with van der Waals surface area (Å²) >= 11 is 0. The zero-order chi connectivity index (χ0) is 13.9. The van der Waals surface area contributed by atoms with Gasteiger partial charge < -0.3 is 14.7 Å². The molecule has 1 rings (SSSR count). The van der Waals surface area contributed by atoms with Gasteiger partial charge in [-0.05, 0) is 18.8 Å². The molecule has 0 aromatic heterocycles. The number of amides is 1. The number of aliphatic hydroxyl groups excluding tert-OH is 1. The Hall–Kier alpha value is -0.610. The van der Waals surface area contributed by atoms with E-state index in [4.69, 9.17) is 9.84 Å². The van der Waals surface area contributed by atoms with E-state index in [0.29, 0.717) is 26.1 Å². The Morgan fingerprint density at radius 2 is 2.00 bits per heavy atom. The minimum absolute atomic E-state index is 0.0259. The second-order valence-corrected chi connectivity index (χ2v) is 5.49. The van der Waals surface area contributed by atoms with Crippen molar-refractivity contribution in [3.05, 3.63) is 0 Å². The fourth-order valence-electron chi connectivity index (χ4n) is 2.86. The normalized spacial score (nSPS) is 16.5. The van der Waals surface area contributed by atoms with E-state index in [1.54, 1.807) is 12.0 Å². The molecule has 112 valence electrons. The number of ether oxygens (including phenoxy) is 1. The van der Waals surface area contributed by atoms with Crippen molar-refractivity contribution >= 4 is 5.91 Å². The molecule has 0 bridgehead atoms. The van der Waals surface area contributed by atoms with Crippen LogP contribution in [0.3, 0.4) is 0 Å². The first-order valence-corrected chi connectivity index (χ1v) is 7.65. The monoisotopic (exact) mass is 271 g/mol. The van der Waals surface area contributed by atoms with E-state index in [-0.39, 0.29) is 12.5 Å². The number of nitrogens with zero attached hydrogens (tertiary/aromatic N) is 1. The molecule has 19 heavy (non-hydrogen) atoms. The summed E-state index contributed by atoms with van der Waals surface area (Å²) in [6, 6.07) is 0. The Morgan fingerprint density at radius 1 is 1.26 bits per heavy atom. The summed E-state index contributed by atoms with van der Waals surface area (Å²) in [5.74, 6) is 0.994. The van der Waals surface area contributed by atoms with Gasteiger partial charge in [-0.1, -0.05) is 32.1 Å². The first kappa shape index (κ1) is 16.4. The van der Waals surface area contributed by atoms with Crippen LogP contribution in [-0.4, -0.2) is 49.3 Å². The fraction of sp³-hybridized carbons (Fsp3) is 0.933. The van der Waals surface area contributed by atoms with Gasteiger partial charge in [0, 0.05) is 26.6 Å². The first-order valence-electron chi connectivity index (χ1n) is 7.65. The Kier molecular flexibility index (Phi) is 8.84. The van der Waals surface area contributed by atoms with Crippen molar-refractivity contribution in [3.8, 4) is 0 Å². The molecule has 1 fully saturated rings. The number of hydrogen-bond acceptors (Lipinski definition) is 3. The van der Waals surface area contributed by atoms with Gasteiger partial charge in [0.05, 0.1) is 13.2 Å². The van der Waals surface area contributed by atoms with Crippen molar-refractivity contribution in [2.24, 2.45) is 5.92 Å². The van der Waals surface area contributed by atoms with Crippen LogP contribution in [0.4, 0.5) is 0 Å². The maximum Gasteiger partial charge on any atom is 0.222 e. The second kappa shape index (κ2) is 10.2. The number of rotatable bonds is 9. The second-order valence-electron chi connectivity index (χ2n) is 5.49. The zero-order valence-electron chi connectivity index (χ0n) is 12.3. The van der Waals surface area contributed by atoms with E-state index >= 15 is 0 Å². The standard InChI is InChI=1S/C15H29NO3/c1-19-13-11-16(10-12-17)15(18)9-5-8-14-6-3-2-4-7-14/h14,17H,2-13H2,1H3. The number of methoxy groups -OCH3 is 1. The molecule has 1 amide bonds. The highest BCUT2D eigenvalue weighted by molar-refractivity contribution is 5.76. The van der Waals surface area contributed by atoms with Gasteiger partial charge in [0.1, 0.15) is 0 Å². The lowest BCUT2D eigenvalue weighted by Gasteiger charge is -2.23. The Labute approximate surface area is 117 Å². The molecule has 4 nitrogen and oxygen atoms in total. The van der Waals surface area contributed by atoms with Gasteiger partial charge in [-0.2, -0.15) is 0 Å². The van der Waals surface area contributed by atoms with E-state index < -0.39 is 0 Å². The minimum Gasteiger partial charge on any atom is -0.395 e. The predicted molar refractivity (Wildman–Crippen MR) is 76.0 cm³/mol. The summed E-state index contributed by atoms with van der Waals surface area (Å²) in [7, 11) is 1.63. The van der Waals surface area contributed by atoms with Crippen molar-refractivity contribution < 1.29 is 14.6 Å². The molecule has 0 aliphatic heterocycles. The third kappa shape index (κ3) is 6.92. The molecule has 0 heterocycles. The quantitative estimate of drug-likeness (QED) is 0.699. The molecule has 1 saturated carbocycles. The number of hydrogen-bond donors (Lipinski definition) is 1. The summed E-state index contributed by atoms with van der Waals surface area (Å²) in [6.07, 6.45) is 9.58. The largest absolute Gasteiger partial charge is 0.395 e. The van der Waals surface area contributed by atoms with E-state index in [2.05, 4.69) is 0 Å². The zero-order valence-corrected chi connectivity index (χ0v) is 12.3. The molecule has 4 heteroatoms. The molecule has 0 aromatic carbocycles. The smallest absolute Gasteiger partial charge is 0.222 e. The summed E-state index contributed by atoms with van der Waals surface area (Å²) in [5, 5.41) is 8.98. The fourth-order valence-corrected chi connectivity index (χ4v) is 2.86. The molecular formula is C15H29NO3. The summed E-state index contributed by atoms with van der Waals surface area (Å²) in [6.45, 7) is 1.57. The average molecular weight is 271 g/mol. The summed E-state index contributed by atoms with van der Waals surface area (Å²) < 4.78 is 4.99. The van der Waals surface area contributed by atoms with Crippen LogP contribution in [-0.2, 0) is 9.53 Å². The topological polar surface area (TPSA) is 49.8 Å². The van der Waals surface area contributed by atoms with Crippen LogP contribution in [0.25, 0.3) is 0 Å². The molecule has 1 N–H and O–H groups in total. The minimum atomic E-state index is 0.0259. The van der Waals surface area contributed by atoms with Gasteiger partial charge in [-0.25, -0.2) is 0 Å². The van der Waals surface area contributed by atoms with Gasteiger partial charge in [0.15, 0.2) is 0 Å². The lowest BCUT2D eigenvalue weighted by molar-refractivity contribution is -0.132. The molecule has 0 spiro atoms. The Morgan fingerprint density at radius 3 is 2.63 bits per heavy atom. The van der Waals surface area contributed by atoms with Crippen LogP contribution in [0.1, 0.15) is 51.4 Å². The van der Waals surface area contributed by atoms with Gasteiger partial charge in [-0.15, -0.1) is 0 Å². The van der Waals surface area contributed by atoms with Gasteiger partial charge in [0.25, 0.3) is 0 Å². The van der Waals surface area contributed by atoms with Gasteiger partial charge in [-0.3, -0.25) is 4.79 Å². The van der Waals surface area contributed by atoms with Gasteiger partial charge >= 0.3 is 0 Å². The molecule has 0 radical (unpaired) electrons. The van der Waals surface area contributed by atoms with Crippen molar-refractivity contribution in [1.82, 2.24) is 4.90 Å². The number of carbonyl (C=O) groups excluding carboxylic acids is 1. The molecule has 0 aromatic rings. The predicted octanol–water partition coefficient (Wildman–Crippen LogP) is 2.20. The Bertz CT molecular complexity index is 240. The highest BCUT2D eigenvalue weighted by Crippen LogP contribution is 2.27. The van der Waals surface area contributed by atoms with Crippen LogP contribution >= 0.6 is 0 Å². The summed E-state index contributed by atoms with van der Waals surface area (Å²) in [4.78, 5) is 13.8. The van der Waals surface area contributed by atoms with Crippen LogP contribution < -0.4 is 0 Å². The molecule has 1 aliphatic carbocycles. The van der Waals surface area contributed by atoms with Crippen LogP contribution in [0.15, 0.2) is 0 Å². The Balaban J connectivity index is 2.18. The van der Waals surface area contributed by atoms with Crippen LogP contribution in [0.5, 0.6) is 0 Å². The van der Waals surface area contributed by atoms with Crippen molar-refractivity contribution in [1.29, 1.82) is 0 Å². The van der Waals surface area contributed by atoms with E-state index in [9.17, 15) is 4.79 Å². The highest BCUT2D eigenvalue weighted by atomic mass is 16.5. The summed E-state index contributed by atoms with van der Waals surface area (Å²) in [5.41, 5.74) is 0. The molecule has 0 unspecified atom stereocenters. The highest BCUT2D eigenvalue weighted by Gasteiger charge is 2.16. The number of aliphatic hydroxyl groups is 1. The lowest BCUT2D eigenvalue weighted by Crippen LogP contribution is -2.36. The van der Waals surface area contributed by atoms with E-state index in [1.165, 1.54) is 38.5 Å². The third-order valence-corrected chi connectivity index (χ3v) is 4.02. The molecule has 0 atom stereocenters. The van der Waals surface area contributed by atoms with Gasteiger partial charge in [0.2, 0.25) is 5.91 Å². The third-order valence-electron chi connectivity index (χ3n) is 4.02. The van der Waals surface area contributed by atoms with E-state index in [1.807, 2.05) is 0 Å². The van der Waals surface area contributed by atoms with Crippen LogP contribution in [0.2, 0.25) is 0 Å². The van der Waals surface area contributed by atoms with Crippen LogP contribution in [0, 0.1) is 5.92 Å². The van der Waals surface area contributed by atoms with E-state index in [0.717, 1.165) is 12.3 Å². The lowest BCUT2D eigenvalue weighted by atomic mass is 9.86. The molecular weight excluding hydrogens is 242 g/mol. The first-order chi connectivity index (χ1) is 9.27. The van der Waals surface area contributed by atoms with Crippen molar-refractivity contribution in [2.45, 2.75) is 51.4 Å². The SMILES string of the molecule is COCCN(CCO)C(=O)CCCC1CCCCC1. The maximum atomic E-state index is 12.0. The van der Waals surface area contributed by atoms with Crippen molar-refractivity contribution in [2.75, 3.05) is 33.4 Å². The molecule has 0 saturated heterocycles. The average Bonchev–Trinajstić information content (AvgIpc) is 2.44.